The van der Waals surface area contributed by atoms with Crippen molar-refractivity contribution in [3.8, 4) is 10.6 Å². The van der Waals surface area contributed by atoms with Crippen molar-refractivity contribution < 1.29 is 14.3 Å². The van der Waals surface area contributed by atoms with Gasteiger partial charge in [-0.15, -0.1) is 11.3 Å². The number of ether oxygens (including phenoxy) is 1. The molecule has 0 radical (unpaired) electrons. The molecule has 2 aromatic carbocycles. The van der Waals surface area contributed by atoms with Gasteiger partial charge in [-0.05, 0) is 17.7 Å². The number of thiazole rings is 1. The molecule has 7 heteroatoms. The van der Waals surface area contributed by atoms with Gasteiger partial charge < -0.3 is 10.1 Å². The number of hydrogen-bond donors (Lipinski definition) is 1. The zero-order valence-corrected chi connectivity index (χ0v) is 15.2. The number of rotatable bonds is 6. The summed E-state index contributed by atoms with van der Waals surface area (Å²) in [6.45, 7) is -0.0353. The molecule has 0 saturated carbocycles. The van der Waals surface area contributed by atoms with E-state index in [1.807, 2.05) is 42.5 Å². The fraction of sp³-hybridized carbons (Fsp3) is 0.105. The quantitative estimate of drug-likeness (QED) is 0.651. The second-order valence-electron chi connectivity index (χ2n) is 5.37. The number of amides is 1. The summed E-state index contributed by atoms with van der Waals surface area (Å²) in [5.41, 5.74) is 2.02. The molecule has 0 unspecified atom stereocenters. The molecule has 26 heavy (non-hydrogen) atoms. The lowest BCUT2D eigenvalue weighted by Crippen LogP contribution is -2.30. The Kier molecular flexibility index (Phi) is 5.99. The molecule has 0 aliphatic heterocycles. The van der Waals surface area contributed by atoms with Gasteiger partial charge in [0.15, 0.2) is 0 Å². The summed E-state index contributed by atoms with van der Waals surface area (Å²) in [4.78, 5) is 28.2. The maximum absolute atomic E-state index is 12.1. The van der Waals surface area contributed by atoms with E-state index in [1.165, 1.54) is 11.3 Å². The summed E-state index contributed by atoms with van der Waals surface area (Å²) in [7, 11) is 0. The highest BCUT2D eigenvalue weighted by molar-refractivity contribution is 7.13. The molecule has 1 amide bonds. The topological polar surface area (TPSA) is 68.3 Å². The van der Waals surface area contributed by atoms with Gasteiger partial charge in [0.2, 0.25) is 0 Å². The summed E-state index contributed by atoms with van der Waals surface area (Å²) in [6.07, 6.45) is 0. The first kappa shape index (κ1) is 18.1. The molecule has 0 spiro atoms. The molecule has 0 bridgehead atoms. The Bertz CT molecular complexity index is 895. The summed E-state index contributed by atoms with van der Waals surface area (Å²) >= 11 is 7.21. The van der Waals surface area contributed by atoms with Crippen molar-refractivity contribution >= 4 is 34.8 Å². The number of nitrogens with zero attached hydrogens (tertiary/aromatic N) is 1. The Labute approximate surface area is 159 Å². The van der Waals surface area contributed by atoms with Crippen molar-refractivity contribution in [3.63, 3.8) is 0 Å². The number of benzene rings is 2. The van der Waals surface area contributed by atoms with Gasteiger partial charge in [-0.3, -0.25) is 9.59 Å². The number of aromatic nitrogens is 1. The normalized spacial score (nSPS) is 10.3. The number of carbonyl (C=O) groups is 2. The van der Waals surface area contributed by atoms with Crippen molar-refractivity contribution in [2.75, 3.05) is 6.54 Å². The lowest BCUT2D eigenvalue weighted by Gasteiger charge is -2.05. The Hall–Kier alpha value is -2.70. The third kappa shape index (κ3) is 4.91. The molecule has 0 fully saturated rings. The summed E-state index contributed by atoms with van der Waals surface area (Å²) in [5, 5.41) is 5.51. The summed E-state index contributed by atoms with van der Waals surface area (Å²) < 4.78 is 5.12. The number of esters is 1. The molecule has 1 aromatic heterocycles. The highest BCUT2D eigenvalue weighted by Crippen LogP contribution is 2.25. The Morgan fingerprint density at radius 3 is 2.54 bits per heavy atom. The van der Waals surface area contributed by atoms with Crippen LogP contribution in [0.2, 0.25) is 5.02 Å². The maximum Gasteiger partial charge on any atom is 0.325 e. The van der Waals surface area contributed by atoms with E-state index < -0.39 is 11.9 Å². The van der Waals surface area contributed by atoms with Crippen LogP contribution >= 0.6 is 22.9 Å². The van der Waals surface area contributed by atoms with Crippen LogP contribution < -0.4 is 5.32 Å². The minimum absolute atomic E-state index is 0.174. The summed E-state index contributed by atoms with van der Waals surface area (Å²) in [5.74, 6) is -0.923. The van der Waals surface area contributed by atoms with Crippen LogP contribution in [0.3, 0.4) is 0 Å². The van der Waals surface area contributed by atoms with E-state index in [0.717, 1.165) is 11.1 Å². The van der Waals surface area contributed by atoms with Crippen molar-refractivity contribution in [2.24, 2.45) is 0 Å². The van der Waals surface area contributed by atoms with E-state index in [-0.39, 0.29) is 18.8 Å². The molecule has 1 N–H and O–H groups in total. The maximum atomic E-state index is 12.1. The van der Waals surface area contributed by atoms with Crippen LogP contribution in [0.5, 0.6) is 0 Å². The zero-order valence-electron chi connectivity index (χ0n) is 13.6. The van der Waals surface area contributed by atoms with Crippen molar-refractivity contribution in [3.05, 3.63) is 76.3 Å². The number of nitrogens with one attached hydrogen (secondary N) is 1. The third-order valence-corrected chi connectivity index (χ3v) is 4.61. The van der Waals surface area contributed by atoms with E-state index in [0.29, 0.717) is 10.0 Å². The lowest BCUT2D eigenvalue weighted by atomic mass is 10.2. The number of carbonyl (C=O) groups excluding carboxylic acids is 2. The fourth-order valence-corrected chi connectivity index (χ4v) is 3.07. The molecule has 3 aromatic rings. The van der Waals surface area contributed by atoms with Crippen LogP contribution in [-0.4, -0.2) is 23.4 Å². The predicted molar refractivity (Wildman–Crippen MR) is 101 cm³/mol. The zero-order chi connectivity index (χ0) is 18.4. The van der Waals surface area contributed by atoms with Gasteiger partial charge in [0.05, 0.1) is 0 Å². The SMILES string of the molecule is O=C(CNC(=O)c1csc(-c2ccc(Cl)cc2)n1)OCc1ccccc1. The minimum Gasteiger partial charge on any atom is -0.460 e. The molecular weight excluding hydrogens is 372 g/mol. The fourth-order valence-electron chi connectivity index (χ4n) is 2.14. The Morgan fingerprint density at radius 2 is 1.81 bits per heavy atom. The molecule has 0 atom stereocenters. The Morgan fingerprint density at radius 1 is 1.08 bits per heavy atom. The number of halogens is 1. The molecule has 5 nitrogen and oxygen atoms in total. The van der Waals surface area contributed by atoms with Crippen LogP contribution in [0.1, 0.15) is 16.1 Å². The van der Waals surface area contributed by atoms with E-state index in [2.05, 4.69) is 10.3 Å². The van der Waals surface area contributed by atoms with Gasteiger partial charge in [-0.25, -0.2) is 4.98 Å². The van der Waals surface area contributed by atoms with Gasteiger partial charge in [-0.2, -0.15) is 0 Å². The van der Waals surface area contributed by atoms with Crippen LogP contribution in [0.25, 0.3) is 10.6 Å². The van der Waals surface area contributed by atoms with Gasteiger partial charge in [-0.1, -0.05) is 54.1 Å². The van der Waals surface area contributed by atoms with Gasteiger partial charge in [0, 0.05) is 16.0 Å². The van der Waals surface area contributed by atoms with E-state index in [4.69, 9.17) is 16.3 Å². The Balaban J connectivity index is 1.50. The van der Waals surface area contributed by atoms with Crippen LogP contribution in [0.15, 0.2) is 60.0 Å². The first-order valence-corrected chi connectivity index (χ1v) is 9.07. The highest BCUT2D eigenvalue weighted by Gasteiger charge is 2.13. The van der Waals surface area contributed by atoms with Gasteiger partial charge in [0.1, 0.15) is 23.9 Å². The third-order valence-electron chi connectivity index (χ3n) is 3.46. The highest BCUT2D eigenvalue weighted by atomic mass is 35.5. The van der Waals surface area contributed by atoms with Crippen LogP contribution in [0, 0.1) is 0 Å². The van der Waals surface area contributed by atoms with E-state index in [9.17, 15) is 9.59 Å². The first-order chi connectivity index (χ1) is 12.6. The van der Waals surface area contributed by atoms with E-state index in [1.54, 1.807) is 17.5 Å². The largest absolute Gasteiger partial charge is 0.460 e. The van der Waals surface area contributed by atoms with E-state index >= 15 is 0 Å². The second-order valence-corrected chi connectivity index (χ2v) is 6.67. The van der Waals surface area contributed by atoms with Crippen LogP contribution in [0.4, 0.5) is 0 Å². The molecule has 132 valence electrons. The smallest absolute Gasteiger partial charge is 0.325 e. The predicted octanol–water partition coefficient (Wildman–Crippen LogP) is 3.94. The molecular formula is C19H15ClN2O3S. The standard InChI is InChI=1S/C19H15ClN2O3S/c20-15-8-6-14(7-9-15)19-22-16(12-26-19)18(24)21-10-17(23)25-11-13-4-2-1-3-5-13/h1-9,12H,10-11H2,(H,21,24). The monoisotopic (exact) mass is 386 g/mol. The van der Waals surface area contributed by atoms with Crippen LogP contribution in [-0.2, 0) is 16.1 Å². The average Bonchev–Trinajstić information content (AvgIpc) is 3.16. The second kappa shape index (κ2) is 8.60. The molecule has 3 rings (SSSR count). The van der Waals surface area contributed by atoms with Crippen molar-refractivity contribution in [1.82, 2.24) is 10.3 Å². The number of hydrogen-bond acceptors (Lipinski definition) is 5. The lowest BCUT2D eigenvalue weighted by molar-refractivity contribution is -0.143. The summed E-state index contributed by atoms with van der Waals surface area (Å²) in [6, 6.07) is 16.5. The van der Waals surface area contributed by atoms with Crippen molar-refractivity contribution in [2.45, 2.75) is 6.61 Å². The first-order valence-electron chi connectivity index (χ1n) is 7.81. The molecule has 0 saturated heterocycles. The van der Waals surface area contributed by atoms with Crippen molar-refractivity contribution in [1.29, 1.82) is 0 Å². The average molecular weight is 387 g/mol. The molecule has 1 heterocycles. The minimum atomic E-state index is -0.504. The van der Waals surface area contributed by atoms with Gasteiger partial charge >= 0.3 is 5.97 Å². The molecule has 0 aliphatic carbocycles. The van der Waals surface area contributed by atoms with Gasteiger partial charge in [0.25, 0.3) is 5.91 Å². The molecule has 0 aliphatic rings.